The van der Waals surface area contributed by atoms with Gasteiger partial charge in [0.05, 0.1) is 11.5 Å². The first-order valence-corrected chi connectivity index (χ1v) is 7.29. The summed E-state index contributed by atoms with van der Waals surface area (Å²) in [4.78, 5) is 15.5. The average molecular weight is 275 g/mol. The lowest BCUT2D eigenvalue weighted by Gasteiger charge is -2.10. The molecule has 1 amide bonds. The molecule has 0 radical (unpaired) electrons. The fourth-order valence-corrected chi connectivity index (χ4v) is 3.57. The van der Waals surface area contributed by atoms with Gasteiger partial charge in [0.1, 0.15) is 5.15 Å². The van der Waals surface area contributed by atoms with Gasteiger partial charge in [-0.05, 0) is 18.6 Å². The molecule has 17 heavy (non-hydrogen) atoms. The zero-order valence-electron chi connectivity index (χ0n) is 8.89. The smallest absolute Gasteiger partial charge is 0.251 e. The lowest BCUT2D eigenvalue weighted by Crippen LogP contribution is -2.35. The van der Waals surface area contributed by atoms with Gasteiger partial charge in [0.25, 0.3) is 5.91 Å². The van der Waals surface area contributed by atoms with Crippen molar-refractivity contribution in [2.75, 3.05) is 11.5 Å². The van der Waals surface area contributed by atoms with Crippen LogP contribution in [0, 0.1) is 0 Å². The molecule has 1 aromatic rings. The Morgan fingerprint density at radius 3 is 2.88 bits per heavy atom. The maximum atomic E-state index is 11.8. The van der Waals surface area contributed by atoms with Gasteiger partial charge in [-0.15, -0.1) is 0 Å². The summed E-state index contributed by atoms with van der Waals surface area (Å²) in [6.45, 7) is 0. The van der Waals surface area contributed by atoms with E-state index in [0.717, 1.165) is 0 Å². The predicted octanol–water partition coefficient (Wildman–Crippen LogP) is 0.652. The van der Waals surface area contributed by atoms with E-state index in [1.807, 2.05) is 0 Å². The first-order valence-electron chi connectivity index (χ1n) is 5.09. The molecule has 1 fully saturated rings. The number of nitrogens with zero attached hydrogens (tertiary/aromatic N) is 1. The number of aromatic nitrogens is 1. The summed E-state index contributed by atoms with van der Waals surface area (Å²) in [5, 5.41) is 2.91. The van der Waals surface area contributed by atoms with Crippen LogP contribution in [0.4, 0.5) is 0 Å². The molecule has 1 aliphatic rings. The molecule has 1 N–H and O–H groups in total. The second-order valence-corrected chi connectivity index (χ2v) is 6.56. The van der Waals surface area contributed by atoms with Crippen LogP contribution in [0.1, 0.15) is 16.8 Å². The molecule has 7 heteroatoms. The number of amides is 1. The highest BCUT2D eigenvalue weighted by atomic mass is 35.5. The fraction of sp³-hybridized carbons (Fsp3) is 0.400. The van der Waals surface area contributed by atoms with E-state index < -0.39 is 9.84 Å². The maximum Gasteiger partial charge on any atom is 0.251 e. The van der Waals surface area contributed by atoms with E-state index in [1.54, 1.807) is 0 Å². The van der Waals surface area contributed by atoms with Gasteiger partial charge in [-0.2, -0.15) is 0 Å². The third-order valence-electron chi connectivity index (χ3n) is 2.56. The Hall–Kier alpha value is -1.14. The number of halogens is 1. The molecule has 0 aromatic carbocycles. The summed E-state index contributed by atoms with van der Waals surface area (Å²) in [6, 6.07) is 2.67. The van der Waals surface area contributed by atoms with Crippen molar-refractivity contribution in [2.45, 2.75) is 12.5 Å². The van der Waals surface area contributed by atoms with Gasteiger partial charge >= 0.3 is 0 Å². The molecule has 0 bridgehead atoms. The third-order valence-corrected chi connectivity index (χ3v) is 4.53. The van der Waals surface area contributed by atoms with E-state index in [0.29, 0.717) is 12.0 Å². The van der Waals surface area contributed by atoms with Crippen molar-refractivity contribution in [3.05, 3.63) is 29.0 Å². The van der Waals surface area contributed by atoms with Crippen LogP contribution >= 0.6 is 11.6 Å². The van der Waals surface area contributed by atoms with Gasteiger partial charge in [0.2, 0.25) is 0 Å². The fourth-order valence-electron chi connectivity index (χ4n) is 1.72. The minimum absolute atomic E-state index is 0.0115. The Kier molecular flexibility index (Phi) is 3.35. The van der Waals surface area contributed by atoms with Crippen molar-refractivity contribution in [1.82, 2.24) is 10.3 Å². The number of carbonyl (C=O) groups excluding carboxylic acids is 1. The summed E-state index contributed by atoms with van der Waals surface area (Å²) in [5.74, 6) is -0.177. The highest BCUT2D eigenvalue weighted by molar-refractivity contribution is 7.91. The second-order valence-electron chi connectivity index (χ2n) is 3.94. The standard InChI is InChI=1S/C10H11ClN2O3S/c11-9-5-7(1-3-12-9)10(14)13-8-2-4-17(15,16)6-8/h1,3,5,8H,2,4,6H2,(H,13,14). The lowest BCUT2D eigenvalue weighted by atomic mass is 10.2. The number of sulfone groups is 1. The zero-order chi connectivity index (χ0) is 12.5. The Balaban J connectivity index is 2.03. The Morgan fingerprint density at radius 2 is 2.29 bits per heavy atom. The number of rotatable bonds is 2. The normalized spacial score (nSPS) is 22.3. The van der Waals surface area contributed by atoms with Crippen LogP contribution in [0.5, 0.6) is 0 Å². The number of nitrogens with one attached hydrogen (secondary N) is 1. The molecule has 2 heterocycles. The monoisotopic (exact) mass is 274 g/mol. The van der Waals surface area contributed by atoms with E-state index >= 15 is 0 Å². The highest BCUT2D eigenvalue weighted by Crippen LogP contribution is 2.13. The van der Waals surface area contributed by atoms with Crippen LogP contribution < -0.4 is 5.32 Å². The molecule has 5 nitrogen and oxygen atoms in total. The number of carbonyl (C=O) groups is 1. The highest BCUT2D eigenvalue weighted by Gasteiger charge is 2.29. The van der Waals surface area contributed by atoms with Gasteiger partial charge in [-0.25, -0.2) is 13.4 Å². The topological polar surface area (TPSA) is 76.1 Å². The minimum atomic E-state index is -2.98. The Labute approximate surface area is 104 Å². The van der Waals surface area contributed by atoms with E-state index in [9.17, 15) is 13.2 Å². The van der Waals surface area contributed by atoms with Crippen molar-refractivity contribution in [3.63, 3.8) is 0 Å². The van der Waals surface area contributed by atoms with E-state index in [-0.39, 0.29) is 28.6 Å². The molecular weight excluding hydrogens is 264 g/mol. The number of hydrogen-bond acceptors (Lipinski definition) is 4. The van der Waals surface area contributed by atoms with Gasteiger partial charge in [0, 0.05) is 17.8 Å². The number of pyridine rings is 1. The van der Waals surface area contributed by atoms with E-state index in [2.05, 4.69) is 10.3 Å². The average Bonchev–Trinajstić information content (AvgIpc) is 2.58. The SMILES string of the molecule is O=C(NC1CCS(=O)(=O)C1)c1ccnc(Cl)c1. The van der Waals surface area contributed by atoms with Crippen LogP contribution in [0.15, 0.2) is 18.3 Å². The van der Waals surface area contributed by atoms with E-state index in [1.165, 1.54) is 18.3 Å². The molecule has 0 saturated carbocycles. The Morgan fingerprint density at radius 1 is 1.53 bits per heavy atom. The van der Waals surface area contributed by atoms with Gasteiger partial charge < -0.3 is 5.32 Å². The van der Waals surface area contributed by atoms with Crippen LogP contribution in [-0.2, 0) is 9.84 Å². The third kappa shape index (κ3) is 3.17. The van der Waals surface area contributed by atoms with Crippen LogP contribution in [-0.4, -0.2) is 36.9 Å². The minimum Gasteiger partial charge on any atom is -0.348 e. The molecule has 2 rings (SSSR count). The van der Waals surface area contributed by atoms with Crippen LogP contribution in [0.25, 0.3) is 0 Å². The summed E-state index contributed by atoms with van der Waals surface area (Å²) in [7, 11) is -2.98. The first-order chi connectivity index (χ1) is 7.96. The zero-order valence-corrected chi connectivity index (χ0v) is 10.5. The van der Waals surface area contributed by atoms with Crippen LogP contribution in [0.2, 0.25) is 5.15 Å². The lowest BCUT2D eigenvalue weighted by molar-refractivity contribution is 0.0941. The quantitative estimate of drug-likeness (QED) is 0.804. The van der Waals surface area contributed by atoms with Crippen molar-refractivity contribution >= 4 is 27.3 Å². The van der Waals surface area contributed by atoms with Crippen LogP contribution in [0.3, 0.4) is 0 Å². The van der Waals surface area contributed by atoms with Gasteiger partial charge in [-0.1, -0.05) is 11.6 Å². The van der Waals surface area contributed by atoms with Gasteiger partial charge in [-0.3, -0.25) is 4.79 Å². The molecule has 1 aromatic heterocycles. The largest absolute Gasteiger partial charge is 0.348 e. The van der Waals surface area contributed by atoms with Crippen molar-refractivity contribution in [1.29, 1.82) is 0 Å². The summed E-state index contributed by atoms with van der Waals surface area (Å²) in [5.41, 5.74) is 0.384. The van der Waals surface area contributed by atoms with Crippen molar-refractivity contribution < 1.29 is 13.2 Å². The molecular formula is C10H11ClN2O3S. The predicted molar refractivity (Wildman–Crippen MR) is 63.8 cm³/mol. The first kappa shape index (κ1) is 12.3. The van der Waals surface area contributed by atoms with Crippen molar-refractivity contribution in [2.24, 2.45) is 0 Å². The summed E-state index contributed by atoms with van der Waals surface area (Å²) in [6.07, 6.45) is 1.90. The van der Waals surface area contributed by atoms with Crippen molar-refractivity contribution in [3.8, 4) is 0 Å². The molecule has 92 valence electrons. The molecule has 1 aliphatic heterocycles. The molecule has 0 spiro atoms. The molecule has 1 unspecified atom stereocenters. The maximum absolute atomic E-state index is 11.8. The van der Waals surface area contributed by atoms with E-state index in [4.69, 9.17) is 11.6 Å². The second kappa shape index (κ2) is 4.62. The number of hydrogen-bond donors (Lipinski definition) is 1. The molecule has 0 aliphatic carbocycles. The molecule has 1 saturated heterocycles. The summed E-state index contributed by atoms with van der Waals surface area (Å²) >= 11 is 5.66. The van der Waals surface area contributed by atoms with Gasteiger partial charge in [0.15, 0.2) is 9.84 Å². The Bertz CT molecular complexity index is 544. The molecule has 1 atom stereocenters. The summed E-state index contributed by atoms with van der Waals surface area (Å²) < 4.78 is 22.5.